The highest BCUT2D eigenvalue weighted by Gasteiger charge is 2.32. The standard InChI is InChI=1S/C23H27N7O3S.ClH/c1-32-14-13-30-22(25-26-27-30)21(16-7-8-18(31)19(15-16)33-2)28-9-11-29(12-10-28)23-24-17-5-3-4-6-20(17)34-23;/h3-8,15,21,31H,9-14H2,1-2H3;1H. The summed E-state index contributed by atoms with van der Waals surface area (Å²) in [5, 5.41) is 23.7. The Morgan fingerprint density at radius 2 is 1.89 bits per heavy atom. The Balaban J connectivity index is 0.00000289. The molecule has 1 unspecified atom stereocenters. The fourth-order valence-electron chi connectivity index (χ4n) is 4.30. The van der Waals surface area contributed by atoms with Crippen LogP contribution in [0.5, 0.6) is 11.5 Å². The molecule has 1 fully saturated rings. The monoisotopic (exact) mass is 517 g/mol. The summed E-state index contributed by atoms with van der Waals surface area (Å²) in [5.41, 5.74) is 1.99. The molecule has 1 aliphatic rings. The highest BCUT2D eigenvalue weighted by atomic mass is 35.5. The second kappa shape index (κ2) is 11.2. The smallest absolute Gasteiger partial charge is 0.186 e. The number of halogens is 1. The summed E-state index contributed by atoms with van der Waals surface area (Å²) >= 11 is 1.73. The summed E-state index contributed by atoms with van der Waals surface area (Å²) < 4.78 is 13.6. The van der Waals surface area contributed by atoms with Gasteiger partial charge in [0.1, 0.15) is 0 Å². The number of aromatic nitrogens is 5. The minimum absolute atomic E-state index is 0. The first-order valence-corrected chi connectivity index (χ1v) is 12.0. The molecule has 12 heteroatoms. The number of rotatable bonds is 8. The molecule has 0 bridgehead atoms. The van der Waals surface area contributed by atoms with E-state index in [2.05, 4.69) is 37.5 Å². The molecule has 5 rings (SSSR count). The number of fused-ring (bicyclic) bond motifs is 1. The van der Waals surface area contributed by atoms with Gasteiger partial charge in [-0.15, -0.1) is 17.5 Å². The van der Waals surface area contributed by atoms with Gasteiger partial charge in [-0.05, 0) is 40.3 Å². The highest BCUT2D eigenvalue weighted by Crippen LogP contribution is 2.35. The number of thiazole rings is 1. The van der Waals surface area contributed by atoms with E-state index in [0.29, 0.717) is 18.9 Å². The summed E-state index contributed by atoms with van der Waals surface area (Å²) in [4.78, 5) is 9.53. The summed E-state index contributed by atoms with van der Waals surface area (Å²) in [6.07, 6.45) is 0. The minimum atomic E-state index is -0.195. The van der Waals surface area contributed by atoms with E-state index < -0.39 is 0 Å². The van der Waals surface area contributed by atoms with Gasteiger partial charge in [0, 0.05) is 33.3 Å². The van der Waals surface area contributed by atoms with Gasteiger partial charge in [-0.25, -0.2) is 9.67 Å². The van der Waals surface area contributed by atoms with Gasteiger partial charge in [-0.2, -0.15) is 0 Å². The van der Waals surface area contributed by atoms with E-state index in [0.717, 1.165) is 48.2 Å². The van der Waals surface area contributed by atoms with Crippen LogP contribution in [-0.2, 0) is 11.3 Å². The van der Waals surface area contributed by atoms with Crippen molar-refractivity contribution < 1.29 is 14.6 Å². The number of hydrogen-bond acceptors (Lipinski definition) is 10. The molecule has 186 valence electrons. The third kappa shape index (κ3) is 5.18. The van der Waals surface area contributed by atoms with Gasteiger partial charge in [-0.3, -0.25) is 4.90 Å². The van der Waals surface area contributed by atoms with Crippen molar-refractivity contribution in [1.82, 2.24) is 30.1 Å². The Bertz CT molecular complexity index is 1230. The quantitative estimate of drug-likeness (QED) is 0.378. The highest BCUT2D eigenvalue weighted by molar-refractivity contribution is 7.22. The van der Waals surface area contributed by atoms with Crippen molar-refractivity contribution in [3.63, 3.8) is 0 Å². The molecule has 0 radical (unpaired) electrons. The van der Waals surface area contributed by atoms with Crippen LogP contribution < -0.4 is 9.64 Å². The zero-order chi connectivity index (χ0) is 23.5. The minimum Gasteiger partial charge on any atom is -0.504 e. The van der Waals surface area contributed by atoms with Crippen molar-refractivity contribution in [2.24, 2.45) is 0 Å². The van der Waals surface area contributed by atoms with Crippen LogP contribution >= 0.6 is 23.7 Å². The zero-order valence-electron chi connectivity index (χ0n) is 19.6. The topological polar surface area (TPSA) is 102 Å². The van der Waals surface area contributed by atoms with Gasteiger partial charge in [-0.1, -0.05) is 29.5 Å². The van der Waals surface area contributed by atoms with Crippen molar-refractivity contribution in [1.29, 1.82) is 0 Å². The number of phenolic OH excluding ortho intramolecular Hbond substituents is 1. The molecular formula is C23H28ClN7O3S. The summed E-state index contributed by atoms with van der Waals surface area (Å²) in [6.45, 7) is 4.35. The number of phenols is 1. The molecular weight excluding hydrogens is 490 g/mol. The second-order valence-electron chi connectivity index (χ2n) is 8.07. The molecule has 0 saturated carbocycles. The van der Waals surface area contributed by atoms with Crippen LogP contribution in [0.15, 0.2) is 42.5 Å². The second-order valence-corrected chi connectivity index (χ2v) is 9.08. The van der Waals surface area contributed by atoms with Crippen molar-refractivity contribution in [3.05, 3.63) is 53.9 Å². The van der Waals surface area contributed by atoms with E-state index >= 15 is 0 Å². The van der Waals surface area contributed by atoms with Crippen molar-refractivity contribution in [2.75, 3.05) is 51.9 Å². The fraction of sp³-hybridized carbons (Fsp3) is 0.391. The first-order valence-electron chi connectivity index (χ1n) is 11.1. The molecule has 35 heavy (non-hydrogen) atoms. The van der Waals surface area contributed by atoms with Crippen LogP contribution in [0.4, 0.5) is 5.13 Å². The number of anilines is 1. The normalized spacial score (nSPS) is 15.2. The molecule has 0 aliphatic carbocycles. The first kappa shape index (κ1) is 25.1. The van der Waals surface area contributed by atoms with Gasteiger partial charge in [0.05, 0.1) is 36.5 Å². The first-order chi connectivity index (χ1) is 16.7. The third-order valence-corrected chi connectivity index (χ3v) is 7.16. The lowest BCUT2D eigenvalue weighted by Gasteiger charge is -2.38. The van der Waals surface area contributed by atoms with Crippen LogP contribution in [0.2, 0.25) is 0 Å². The fourth-order valence-corrected chi connectivity index (χ4v) is 5.32. The molecule has 1 N–H and O–H groups in total. The maximum absolute atomic E-state index is 10.1. The molecule has 0 spiro atoms. The molecule has 1 aliphatic heterocycles. The van der Waals surface area contributed by atoms with Gasteiger partial charge < -0.3 is 19.5 Å². The molecule has 2 aromatic heterocycles. The lowest BCUT2D eigenvalue weighted by atomic mass is 10.0. The van der Waals surface area contributed by atoms with Crippen LogP contribution in [0, 0.1) is 0 Å². The number of nitrogens with zero attached hydrogens (tertiary/aromatic N) is 7. The molecule has 4 aromatic rings. The lowest BCUT2D eigenvalue weighted by Crippen LogP contribution is -2.48. The summed E-state index contributed by atoms with van der Waals surface area (Å²) in [5.74, 6) is 1.26. The number of ether oxygens (including phenoxy) is 2. The zero-order valence-corrected chi connectivity index (χ0v) is 21.2. The van der Waals surface area contributed by atoms with Crippen LogP contribution in [-0.4, -0.2) is 82.2 Å². The van der Waals surface area contributed by atoms with Crippen LogP contribution in [0.25, 0.3) is 10.2 Å². The Morgan fingerprint density at radius 1 is 1.09 bits per heavy atom. The summed E-state index contributed by atoms with van der Waals surface area (Å²) in [6, 6.07) is 13.5. The Kier molecular flexibility index (Phi) is 8.01. The molecule has 0 amide bonds. The van der Waals surface area contributed by atoms with Gasteiger partial charge in [0.25, 0.3) is 0 Å². The Morgan fingerprint density at radius 3 is 2.63 bits per heavy atom. The van der Waals surface area contributed by atoms with E-state index in [1.807, 2.05) is 24.3 Å². The summed E-state index contributed by atoms with van der Waals surface area (Å²) in [7, 11) is 3.21. The van der Waals surface area contributed by atoms with E-state index in [9.17, 15) is 5.11 Å². The van der Waals surface area contributed by atoms with E-state index in [1.165, 1.54) is 4.70 Å². The van der Waals surface area contributed by atoms with Crippen LogP contribution in [0.3, 0.4) is 0 Å². The molecule has 1 atom stereocenters. The average molecular weight is 518 g/mol. The van der Waals surface area contributed by atoms with Crippen molar-refractivity contribution >= 4 is 39.1 Å². The van der Waals surface area contributed by atoms with E-state index in [4.69, 9.17) is 14.5 Å². The number of hydrogen-bond donors (Lipinski definition) is 1. The number of piperazine rings is 1. The predicted octanol–water partition coefficient (Wildman–Crippen LogP) is 2.98. The van der Waals surface area contributed by atoms with Gasteiger partial charge >= 0.3 is 0 Å². The lowest BCUT2D eigenvalue weighted by molar-refractivity contribution is 0.171. The van der Waals surface area contributed by atoms with Crippen molar-refractivity contribution in [3.8, 4) is 11.5 Å². The predicted molar refractivity (Wildman–Crippen MR) is 137 cm³/mol. The third-order valence-electron chi connectivity index (χ3n) is 6.06. The number of aromatic hydroxyl groups is 1. The number of para-hydroxylation sites is 1. The van der Waals surface area contributed by atoms with Crippen molar-refractivity contribution in [2.45, 2.75) is 12.6 Å². The SMILES string of the molecule is COCCn1nnnc1C(c1ccc(O)c(OC)c1)N1CCN(c2nc3ccccc3s2)CC1.Cl. The molecule has 10 nitrogen and oxygen atoms in total. The number of methoxy groups -OCH3 is 2. The largest absolute Gasteiger partial charge is 0.504 e. The number of tetrazole rings is 1. The Hall–Kier alpha value is -2.99. The maximum atomic E-state index is 10.1. The number of benzene rings is 2. The van der Waals surface area contributed by atoms with Crippen LogP contribution in [0.1, 0.15) is 17.4 Å². The molecule has 3 heterocycles. The molecule has 2 aromatic carbocycles. The maximum Gasteiger partial charge on any atom is 0.186 e. The molecule has 1 saturated heterocycles. The van der Waals surface area contributed by atoms with Gasteiger partial charge in [0.15, 0.2) is 22.5 Å². The Labute approximate surface area is 213 Å². The van der Waals surface area contributed by atoms with E-state index in [1.54, 1.807) is 36.3 Å². The van der Waals surface area contributed by atoms with E-state index in [-0.39, 0.29) is 24.2 Å². The average Bonchev–Trinajstić information content (AvgIpc) is 3.51. The van der Waals surface area contributed by atoms with Gasteiger partial charge in [0.2, 0.25) is 0 Å².